The summed E-state index contributed by atoms with van der Waals surface area (Å²) in [6.45, 7) is 0.353. The number of amides is 1. The summed E-state index contributed by atoms with van der Waals surface area (Å²) in [7, 11) is 0. The molecule has 0 fully saturated rings. The van der Waals surface area contributed by atoms with E-state index in [9.17, 15) is 9.59 Å². The Hall–Kier alpha value is -3.47. The number of fused-ring (bicyclic) bond motifs is 1. The number of aromatic nitrogens is 1. The summed E-state index contributed by atoms with van der Waals surface area (Å²) in [5, 5.41) is 2.86. The lowest BCUT2D eigenvalue weighted by atomic mass is 9.93. The Labute approximate surface area is 157 Å². The fourth-order valence-corrected chi connectivity index (χ4v) is 3.17. The lowest BCUT2D eigenvalue weighted by Gasteiger charge is -2.25. The molecule has 3 aromatic rings. The predicted octanol–water partition coefficient (Wildman–Crippen LogP) is 3.47. The normalized spacial score (nSPS) is 15.6. The maximum atomic E-state index is 12.5. The summed E-state index contributed by atoms with van der Waals surface area (Å²) in [6.07, 6.45) is 1.90. The molecule has 0 aliphatic carbocycles. The van der Waals surface area contributed by atoms with Gasteiger partial charge in [-0.05, 0) is 41.5 Å². The molecule has 1 N–H and O–H groups in total. The number of hydrogen-bond donors (Lipinski definition) is 1. The van der Waals surface area contributed by atoms with E-state index < -0.39 is 0 Å². The number of hydrogen-bond acceptors (Lipinski definition) is 4. The van der Waals surface area contributed by atoms with Gasteiger partial charge in [-0.15, -0.1) is 0 Å². The Bertz CT molecular complexity index is 971. The first-order valence-corrected chi connectivity index (χ1v) is 8.77. The summed E-state index contributed by atoms with van der Waals surface area (Å²) < 4.78 is 5.56. The summed E-state index contributed by atoms with van der Waals surface area (Å²) in [5.74, 6) is -0.552. The number of nitrogens with one attached hydrogen (secondary N) is 1. The van der Waals surface area contributed by atoms with Gasteiger partial charge < -0.3 is 10.1 Å². The monoisotopic (exact) mass is 358 g/mol. The zero-order valence-electron chi connectivity index (χ0n) is 14.6. The van der Waals surface area contributed by atoms with Crippen LogP contribution in [0.15, 0.2) is 72.9 Å². The van der Waals surface area contributed by atoms with Gasteiger partial charge in [0.1, 0.15) is 6.10 Å². The molecule has 1 aliphatic heterocycles. The van der Waals surface area contributed by atoms with Gasteiger partial charge >= 0.3 is 5.97 Å². The lowest BCUT2D eigenvalue weighted by molar-refractivity contribution is 0.0252. The first kappa shape index (κ1) is 17.0. The minimum Gasteiger partial charge on any atom is -0.454 e. The molecule has 1 aromatic heterocycles. The smallest absolute Gasteiger partial charge is 0.339 e. The van der Waals surface area contributed by atoms with Crippen molar-refractivity contribution in [1.29, 1.82) is 0 Å². The molecule has 1 amide bonds. The van der Waals surface area contributed by atoms with E-state index >= 15 is 0 Å². The van der Waals surface area contributed by atoms with Crippen LogP contribution in [0.4, 0.5) is 0 Å². The number of carbonyl (C=O) groups is 2. The number of nitrogens with zero attached hydrogens (tertiary/aromatic N) is 1. The lowest BCUT2D eigenvalue weighted by Crippen LogP contribution is -2.25. The van der Waals surface area contributed by atoms with Crippen LogP contribution >= 0.6 is 0 Å². The quantitative estimate of drug-likeness (QED) is 0.725. The van der Waals surface area contributed by atoms with Gasteiger partial charge in [0.15, 0.2) is 0 Å². The molecule has 1 atom stereocenters. The molecule has 5 heteroatoms. The molecular weight excluding hydrogens is 340 g/mol. The van der Waals surface area contributed by atoms with Gasteiger partial charge in [-0.25, -0.2) is 4.79 Å². The van der Waals surface area contributed by atoms with Gasteiger partial charge in [-0.1, -0.05) is 36.4 Å². The molecule has 0 spiro atoms. The van der Waals surface area contributed by atoms with Gasteiger partial charge in [0.05, 0.1) is 17.8 Å². The van der Waals surface area contributed by atoms with Crippen LogP contribution < -0.4 is 5.32 Å². The van der Waals surface area contributed by atoms with Crippen molar-refractivity contribution in [3.05, 3.63) is 101 Å². The second-order valence-corrected chi connectivity index (χ2v) is 6.38. The predicted molar refractivity (Wildman–Crippen MR) is 100 cm³/mol. The highest BCUT2D eigenvalue weighted by atomic mass is 16.5. The van der Waals surface area contributed by atoms with Crippen molar-refractivity contribution in [2.75, 3.05) is 0 Å². The van der Waals surface area contributed by atoms with Gasteiger partial charge in [-0.2, -0.15) is 0 Å². The molecule has 0 radical (unpaired) electrons. The molecule has 0 saturated heterocycles. The fourth-order valence-electron chi connectivity index (χ4n) is 3.17. The molecule has 4 rings (SSSR count). The Morgan fingerprint density at radius 3 is 2.67 bits per heavy atom. The van der Waals surface area contributed by atoms with E-state index in [0.29, 0.717) is 24.1 Å². The maximum absolute atomic E-state index is 12.5. The van der Waals surface area contributed by atoms with E-state index in [4.69, 9.17) is 4.74 Å². The van der Waals surface area contributed by atoms with Crippen LogP contribution in [0.3, 0.4) is 0 Å². The molecule has 2 aromatic carbocycles. The largest absolute Gasteiger partial charge is 0.454 e. The number of benzene rings is 2. The highest BCUT2D eigenvalue weighted by molar-refractivity contribution is 5.97. The summed E-state index contributed by atoms with van der Waals surface area (Å²) in [4.78, 5) is 29.0. The van der Waals surface area contributed by atoms with E-state index in [0.717, 1.165) is 16.8 Å². The van der Waals surface area contributed by atoms with Crippen LogP contribution in [0.5, 0.6) is 0 Å². The SMILES string of the molecule is O=C(NCc1ccccn1)c1ccc2c(c1)C[C@H](c1ccccc1)OC2=O. The molecule has 27 heavy (non-hydrogen) atoms. The first-order chi connectivity index (χ1) is 13.2. The average Bonchev–Trinajstić information content (AvgIpc) is 2.73. The number of ether oxygens (including phenoxy) is 1. The zero-order valence-corrected chi connectivity index (χ0v) is 14.6. The molecule has 0 unspecified atom stereocenters. The molecular formula is C22H18N2O3. The number of esters is 1. The zero-order chi connectivity index (χ0) is 18.6. The van der Waals surface area contributed by atoms with Crippen LogP contribution in [-0.2, 0) is 17.7 Å². The summed E-state index contributed by atoms with van der Waals surface area (Å²) in [5.41, 5.74) is 3.60. The van der Waals surface area contributed by atoms with Gasteiger partial charge in [0.25, 0.3) is 5.91 Å². The van der Waals surface area contributed by atoms with Gasteiger partial charge in [0, 0.05) is 18.2 Å². The van der Waals surface area contributed by atoms with Crippen molar-refractivity contribution in [3.63, 3.8) is 0 Å². The topological polar surface area (TPSA) is 68.3 Å². The van der Waals surface area contributed by atoms with Crippen molar-refractivity contribution in [2.45, 2.75) is 19.1 Å². The van der Waals surface area contributed by atoms with Crippen molar-refractivity contribution in [2.24, 2.45) is 0 Å². The van der Waals surface area contributed by atoms with Crippen LogP contribution in [0.1, 0.15) is 43.6 Å². The Kier molecular flexibility index (Phi) is 4.66. The van der Waals surface area contributed by atoms with Crippen molar-refractivity contribution in [1.82, 2.24) is 10.3 Å². The number of rotatable bonds is 4. The van der Waals surface area contributed by atoms with E-state index in [1.54, 1.807) is 24.4 Å². The summed E-state index contributed by atoms with van der Waals surface area (Å²) in [6, 6.07) is 20.3. The fraction of sp³-hybridized carbons (Fsp3) is 0.136. The van der Waals surface area contributed by atoms with E-state index in [1.807, 2.05) is 48.5 Å². The van der Waals surface area contributed by atoms with Gasteiger partial charge in [0.2, 0.25) is 0 Å². The second kappa shape index (κ2) is 7.41. The van der Waals surface area contributed by atoms with E-state index in [-0.39, 0.29) is 18.0 Å². The maximum Gasteiger partial charge on any atom is 0.339 e. The molecule has 0 bridgehead atoms. The van der Waals surface area contributed by atoms with Gasteiger partial charge in [-0.3, -0.25) is 9.78 Å². The first-order valence-electron chi connectivity index (χ1n) is 8.77. The Morgan fingerprint density at radius 2 is 1.89 bits per heavy atom. The Morgan fingerprint density at radius 1 is 1.07 bits per heavy atom. The van der Waals surface area contributed by atoms with Crippen LogP contribution in [0.2, 0.25) is 0 Å². The third kappa shape index (κ3) is 3.72. The number of carbonyl (C=O) groups excluding carboxylic acids is 2. The van der Waals surface area contributed by atoms with Crippen LogP contribution in [-0.4, -0.2) is 16.9 Å². The third-order valence-electron chi connectivity index (χ3n) is 4.57. The third-order valence-corrected chi connectivity index (χ3v) is 4.57. The molecule has 0 saturated carbocycles. The average molecular weight is 358 g/mol. The molecule has 2 heterocycles. The number of cyclic esters (lactones) is 1. The van der Waals surface area contributed by atoms with Crippen molar-refractivity contribution in [3.8, 4) is 0 Å². The highest BCUT2D eigenvalue weighted by Gasteiger charge is 2.28. The minimum absolute atomic E-state index is 0.196. The van der Waals surface area contributed by atoms with Crippen LogP contribution in [0.25, 0.3) is 0 Å². The van der Waals surface area contributed by atoms with E-state index in [2.05, 4.69) is 10.3 Å². The standard InChI is InChI=1S/C22H18N2O3/c25-21(24-14-18-8-4-5-11-23-18)16-9-10-19-17(12-16)13-20(27-22(19)26)15-6-2-1-3-7-15/h1-12,20H,13-14H2,(H,24,25)/t20-/m1/s1. The molecule has 5 nitrogen and oxygen atoms in total. The number of pyridine rings is 1. The van der Waals surface area contributed by atoms with Crippen LogP contribution in [0, 0.1) is 0 Å². The van der Waals surface area contributed by atoms with Crippen molar-refractivity contribution >= 4 is 11.9 Å². The van der Waals surface area contributed by atoms with Crippen molar-refractivity contribution < 1.29 is 14.3 Å². The Balaban J connectivity index is 1.52. The molecule has 134 valence electrons. The summed E-state index contributed by atoms with van der Waals surface area (Å²) >= 11 is 0. The van der Waals surface area contributed by atoms with E-state index in [1.165, 1.54) is 0 Å². The second-order valence-electron chi connectivity index (χ2n) is 6.38. The highest BCUT2D eigenvalue weighted by Crippen LogP contribution is 2.31. The minimum atomic E-state index is -0.356. The molecule has 1 aliphatic rings.